The van der Waals surface area contributed by atoms with Crippen molar-refractivity contribution >= 4 is 33.4 Å². The first-order valence-electron chi connectivity index (χ1n) is 8.55. The summed E-state index contributed by atoms with van der Waals surface area (Å²) >= 11 is 6.11. The molecule has 0 radical (unpaired) electrons. The number of aryl methyl sites for hydroxylation is 3. The number of nitrogens with zero attached hydrogens (tertiary/aromatic N) is 1. The number of hydrogen-bond acceptors (Lipinski definition) is 4. The van der Waals surface area contributed by atoms with Gasteiger partial charge in [-0.05, 0) is 38.0 Å². The van der Waals surface area contributed by atoms with Gasteiger partial charge in [-0.25, -0.2) is 13.4 Å². The molecule has 172 valence electrons. The van der Waals surface area contributed by atoms with E-state index in [9.17, 15) is 34.8 Å². The quantitative estimate of drug-likeness (QED) is 0.404. The van der Waals surface area contributed by atoms with Gasteiger partial charge in [0.25, 0.3) is 0 Å². The molecule has 2 rings (SSSR count). The minimum absolute atomic E-state index is 0.261. The zero-order valence-corrected chi connectivity index (χ0v) is 18.7. The Morgan fingerprint density at radius 1 is 1.06 bits per heavy atom. The smallest absolute Gasteiger partial charge is 0.248 e. The Balaban J connectivity index is 2.28. The number of nitrogens with one attached hydrogen (secondary N) is 1. The maximum Gasteiger partial charge on any atom is 0.417 e. The van der Waals surface area contributed by atoms with Crippen LogP contribution in [0.3, 0.4) is 0 Å². The highest BCUT2D eigenvalue weighted by Gasteiger charge is 2.43. The third-order valence-electron chi connectivity index (χ3n) is 4.09. The van der Waals surface area contributed by atoms with Crippen LogP contribution in [0, 0.1) is 20.8 Å². The van der Waals surface area contributed by atoms with E-state index in [-0.39, 0.29) is 21.0 Å². The van der Waals surface area contributed by atoms with Crippen molar-refractivity contribution in [1.82, 2.24) is 9.71 Å². The van der Waals surface area contributed by atoms with Crippen LogP contribution in [0.25, 0.3) is 0 Å². The number of aromatic nitrogens is 1. The number of thioether (sulfide) groups is 1. The van der Waals surface area contributed by atoms with Crippen LogP contribution in [0.4, 0.5) is 26.3 Å². The van der Waals surface area contributed by atoms with Crippen LogP contribution >= 0.6 is 23.4 Å². The molecule has 0 bridgehead atoms. The molecule has 0 saturated heterocycles. The average Bonchev–Trinajstić information content (AvgIpc) is 2.56. The Morgan fingerprint density at radius 3 is 2.06 bits per heavy atom. The van der Waals surface area contributed by atoms with E-state index in [1.165, 1.54) is 26.0 Å². The summed E-state index contributed by atoms with van der Waals surface area (Å²) in [5, 5.41) is -0.778. The number of alkyl halides is 6. The van der Waals surface area contributed by atoms with Crippen LogP contribution in [0.15, 0.2) is 34.3 Å². The summed E-state index contributed by atoms with van der Waals surface area (Å²) in [4.78, 5) is 3.20. The van der Waals surface area contributed by atoms with Crippen molar-refractivity contribution in [3.63, 3.8) is 0 Å². The largest absolute Gasteiger partial charge is 0.417 e. The molecule has 0 saturated carbocycles. The lowest BCUT2D eigenvalue weighted by Gasteiger charge is -2.22. The molecule has 0 aliphatic heterocycles. The van der Waals surface area contributed by atoms with Crippen LogP contribution in [0.1, 0.15) is 22.3 Å². The maximum absolute atomic E-state index is 13.5. The number of hydrogen-bond donors (Lipinski definition) is 1. The number of benzene rings is 1. The van der Waals surface area contributed by atoms with Gasteiger partial charge in [-0.1, -0.05) is 29.3 Å². The molecule has 1 aromatic carbocycles. The summed E-state index contributed by atoms with van der Waals surface area (Å²) in [6.45, 7) is 4.66. The van der Waals surface area contributed by atoms with E-state index in [1.54, 1.807) is 11.6 Å². The second kappa shape index (κ2) is 9.16. The van der Waals surface area contributed by atoms with Gasteiger partial charge in [0.2, 0.25) is 10.0 Å². The van der Waals surface area contributed by atoms with E-state index in [4.69, 9.17) is 11.6 Å². The predicted molar refractivity (Wildman–Crippen MR) is 106 cm³/mol. The van der Waals surface area contributed by atoms with Crippen LogP contribution in [0.2, 0.25) is 5.02 Å². The molecular formula is C18H17ClF6N2O2S2. The van der Waals surface area contributed by atoms with E-state index >= 15 is 0 Å². The molecule has 1 aromatic heterocycles. The van der Waals surface area contributed by atoms with Gasteiger partial charge in [-0.15, -0.1) is 11.8 Å². The van der Waals surface area contributed by atoms with E-state index in [1.807, 2.05) is 0 Å². The average molecular weight is 507 g/mol. The highest BCUT2D eigenvalue weighted by molar-refractivity contribution is 7.99. The molecule has 0 amide bonds. The highest BCUT2D eigenvalue weighted by atomic mass is 35.5. The van der Waals surface area contributed by atoms with Crippen molar-refractivity contribution < 1.29 is 34.8 Å². The molecule has 13 heteroatoms. The Kier molecular flexibility index (Phi) is 7.61. The van der Waals surface area contributed by atoms with Crippen LogP contribution in [0.5, 0.6) is 0 Å². The molecule has 2 aromatic rings. The lowest BCUT2D eigenvalue weighted by atomic mass is 10.1. The second-order valence-corrected chi connectivity index (χ2v) is 9.83. The van der Waals surface area contributed by atoms with Gasteiger partial charge in [0.05, 0.1) is 15.5 Å². The monoisotopic (exact) mass is 506 g/mol. The van der Waals surface area contributed by atoms with Gasteiger partial charge >= 0.3 is 12.4 Å². The van der Waals surface area contributed by atoms with Crippen molar-refractivity contribution in [3.05, 3.63) is 51.7 Å². The van der Waals surface area contributed by atoms with E-state index in [0.717, 1.165) is 5.56 Å². The summed E-state index contributed by atoms with van der Waals surface area (Å²) in [5.74, 6) is -0.884. The van der Waals surface area contributed by atoms with Crippen LogP contribution in [-0.4, -0.2) is 31.4 Å². The molecule has 0 fully saturated rings. The van der Waals surface area contributed by atoms with Gasteiger partial charge in [0.15, 0.2) is 0 Å². The Hall–Kier alpha value is -1.50. The predicted octanol–water partition coefficient (Wildman–Crippen LogP) is 5.68. The Bertz CT molecular complexity index is 1050. The zero-order chi connectivity index (χ0) is 23.8. The first-order valence-corrected chi connectivity index (χ1v) is 11.4. The summed E-state index contributed by atoms with van der Waals surface area (Å²) in [5.41, 5.74) is 0.164. The molecule has 31 heavy (non-hydrogen) atoms. The van der Waals surface area contributed by atoms with Gasteiger partial charge in [0, 0.05) is 11.9 Å². The number of sulfonamides is 1. The topological polar surface area (TPSA) is 59.1 Å². The summed E-state index contributed by atoms with van der Waals surface area (Å²) in [6, 6.07) is 1.08. The van der Waals surface area contributed by atoms with E-state index in [0.29, 0.717) is 24.0 Å². The van der Waals surface area contributed by atoms with Crippen molar-refractivity contribution in [1.29, 1.82) is 0 Å². The molecular weight excluding hydrogens is 490 g/mol. The molecule has 0 spiro atoms. The molecule has 1 N–H and O–H groups in total. The molecule has 1 unspecified atom stereocenters. The summed E-state index contributed by atoms with van der Waals surface area (Å²) in [7, 11) is -4.55. The first kappa shape index (κ1) is 25.8. The van der Waals surface area contributed by atoms with Gasteiger partial charge in [-0.3, -0.25) is 0 Å². The van der Waals surface area contributed by atoms with Crippen LogP contribution in [-0.2, 0) is 16.2 Å². The highest BCUT2D eigenvalue weighted by Crippen LogP contribution is 2.35. The van der Waals surface area contributed by atoms with Gasteiger partial charge < -0.3 is 0 Å². The fourth-order valence-electron chi connectivity index (χ4n) is 2.88. The first-order chi connectivity index (χ1) is 14.0. The fraction of sp³-hybridized carbons (Fsp3) is 0.389. The lowest BCUT2D eigenvalue weighted by Crippen LogP contribution is -2.47. The van der Waals surface area contributed by atoms with Crippen LogP contribution < -0.4 is 4.72 Å². The fourth-order valence-corrected chi connectivity index (χ4v) is 5.91. The third-order valence-corrected chi connectivity index (χ3v) is 7.36. The normalized spacial score (nSPS) is 14.0. The molecule has 1 atom stereocenters. The number of pyridine rings is 1. The lowest BCUT2D eigenvalue weighted by molar-refractivity contribution is -0.145. The van der Waals surface area contributed by atoms with Gasteiger partial charge in [-0.2, -0.15) is 31.1 Å². The van der Waals surface area contributed by atoms with E-state index in [2.05, 4.69) is 4.98 Å². The summed E-state index contributed by atoms with van der Waals surface area (Å²) in [6.07, 6.45) is -9.24. The van der Waals surface area contributed by atoms with Crippen molar-refractivity contribution in [2.45, 2.75) is 49.1 Å². The van der Waals surface area contributed by atoms with Gasteiger partial charge in [0.1, 0.15) is 11.1 Å². The number of halogens is 7. The Morgan fingerprint density at radius 2 is 1.61 bits per heavy atom. The van der Waals surface area contributed by atoms with Crippen molar-refractivity contribution in [2.75, 3.05) is 5.75 Å². The van der Waals surface area contributed by atoms with E-state index < -0.39 is 44.8 Å². The second-order valence-electron chi connectivity index (χ2n) is 6.76. The maximum atomic E-state index is 13.5. The Labute approximate surface area is 184 Å². The number of rotatable bonds is 6. The minimum atomic E-state index is -4.97. The SMILES string of the molecule is Cc1cc(C)c(S(=O)(=O)NC(CSc2ncc(C(F)(F)F)cc2Cl)C(F)(F)F)c(C)c1. The third kappa shape index (κ3) is 6.50. The zero-order valence-electron chi connectivity index (χ0n) is 16.3. The molecule has 4 nitrogen and oxygen atoms in total. The standard InChI is InChI=1S/C18H17ClF6N2O2S2/c1-9-4-10(2)15(11(3)5-9)31(28,29)27-14(18(23,24)25)8-30-16-13(19)6-12(7-26-16)17(20,21)22/h4-7,14,27H,8H2,1-3H3. The van der Waals surface area contributed by atoms with Crippen molar-refractivity contribution in [2.24, 2.45) is 0 Å². The summed E-state index contributed by atoms with van der Waals surface area (Å²) < 4.78 is 106. The molecule has 0 aliphatic carbocycles. The molecule has 0 aliphatic rings. The minimum Gasteiger partial charge on any atom is -0.248 e. The van der Waals surface area contributed by atoms with Crippen molar-refractivity contribution in [3.8, 4) is 0 Å². The molecule has 1 heterocycles.